The summed E-state index contributed by atoms with van der Waals surface area (Å²) in [5.74, 6) is 1.05. The highest BCUT2D eigenvalue weighted by atomic mass is 35.5. The molecule has 78 valence electrons. The highest BCUT2D eigenvalue weighted by Crippen LogP contribution is 2.21. The van der Waals surface area contributed by atoms with Gasteiger partial charge in [-0.3, -0.25) is 0 Å². The fraction of sp³-hybridized carbons (Fsp3) is 0.667. The second-order valence-electron chi connectivity index (χ2n) is 2.08. The van der Waals surface area contributed by atoms with Gasteiger partial charge in [0.25, 0.3) is 0 Å². The van der Waals surface area contributed by atoms with Crippen LogP contribution in [0.25, 0.3) is 0 Å². The van der Waals surface area contributed by atoms with Crippen LogP contribution in [0.15, 0.2) is 4.34 Å². The molecule has 0 saturated carbocycles. The maximum absolute atomic E-state index is 5.35. The van der Waals surface area contributed by atoms with E-state index < -0.39 is 0 Å². The molecule has 3 nitrogen and oxygen atoms in total. The number of thioether (sulfide) groups is 1. The Morgan fingerprint density at radius 2 is 2.08 bits per heavy atom. The average Bonchev–Trinajstić information content (AvgIpc) is 2.37. The number of nitrogens with zero attached hydrogens (tertiary/aromatic N) is 2. The van der Waals surface area contributed by atoms with E-state index in [0.717, 1.165) is 28.1 Å². The Hall–Kier alpha value is 0.450. The minimum absolute atomic E-state index is 0. The van der Waals surface area contributed by atoms with Crippen LogP contribution < -0.4 is 5.73 Å². The van der Waals surface area contributed by atoms with Crippen LogP contribution in [-0.4, -0.2) is 22.5 Å². The molecule has 0 aliphatic rings. The van der Waals surface area contributed by atoms with E-state index in [1.54, 1.807) is 23.1 Å². The normalized spacial score (nSPS) is 8.77. The van der Waals surface area contributed by atoms with E-state index in [4.69, 9.17) is 5.73 Å². The van der Waals surface area contributed by atoms with Crippen molar-refractivity contribution in [3.05, 3.63) is 5.01 Å². The van der Waals surface area contributed by atoms with Gasteiger partial charge in [0.2, 0.25) is 0 Å². The van der Waals surface area contributed by atoms with Crippen molar-refractivity contribution in [1.82, 2.24) is 10.2 Å². The lowest BCUT2D eigenvalue weighted by atomic mass is 10.5. The summed E-state index contributed by atoms with van der Waals surface area (Å²) in [6.45, 7) is 2.72. The average molecular weight is 262 g/mol. The van der Waals surface area contributed by atoms with Crippen LogP contribution in [0.2, 0.25) is 0 Å². The van der Waals surface area contributed by atoms with Crippen molar-refractivity contribution in [1.29, 1.82) is 0 Å². The van der Waals surface area contributed by atoms with E-state index in [9.17, 15) is 0 Å². The highest BCUT2D eigenvalue weighted by Gasteiger charge is 1.98. The molecule has 0 aliphatic carbocycles. The summed E-state index contributed by atoms with van der Waals surface area (Å²) < 4.78 is 1.05. The summed E-state index contributed by atoms with van der Waals surface area (Å²) in [6, 6.07) is 0. The maximum atomic E-state index is 5.35. The summed E-state index contributed by atoms with van der Waals surface area (Å²) in [5.41, 5.74) is 5.35. The predicted molar refractivity (Wildman–Crippen MR) is 63.5 cm³/mol. The predicted octanol–water partition coefficient (Wildman–Crippen LogP) is 2.13. The number of halogens is 2. The Bertz CT molecular complexity index is 219. The molecule has 1 rings (SSSR count). The third-order valence-electron chi connectivity index (χ3n) is 1.08. The molecule has 0 bridgehead atoms. The van der Waals surface area contributed by atoms with Gasteiger partial charge < -0.3 is 5.73 Å². The quantitative estimate of drug-likeness (QED) is 0.667. The molecular formula is C6H13Cl2N3S2. The fourth-order valence-electron chi connectivity index (χ4n) is 0.580. The fourth-order valence-corrected chi connectivity index (χ4v) is 2.43. The molecule has 0 aliphatic heterocycles. The molecule has 7 heteroatoms. The Morgan fingerprint density at radius 3 is 2.54 bits per heavy atom. The molecule has 1 heterocycles. The van der Waals surface area contributed by atoms with Crippen LogP contribution in [0.3, 0.4) is 0 Å². The number of hydrogen-bond acceptors (Lipinski definition) is 5. The lowest BCUT2D eigenvalue weighted by Crippen LogP contribution is -1.99. The van der Waals surface area contributed by atoms with Gasteiger partial charge in [0, 0.05) is 5.75 Å². The van der Waals surface area contributed by atoms with Crippen LogP contribution >= 0.6 is 47.9 Å². The summed E-state index contributed by atoms with van der Waals surface area (Å²) in [5, 5.41) is 8.92. The summed E-state index contributed by atoms with van der Waals surface area (Å²) in [6.07, 6.45) is 1.04. The van der Waals surface area contributed by atoms with E-state index in [1.165, 1.54) is 0 Å². The zero-order valence-corrected chi connectivity index (χ0v) is 10.5. The second-order valence-corrected chi connectivity index (χ2v) is 4.60. The SMILES string of the molecule is Cc1nnc(SCCCN)s1.Cl.Cl. The zero-order valence-electron chi connectivity index (χ0n) is 7.23. The molecule has 13 heavy (non-hydrogen) atoms. The summed E-state index contributed by atoms with van der Waals surface area (Å²) >= 11 is 3.37. The topological polar surface area (TPSA) is 51.8 Å². The molecule has 0 aromatic carbocycles. The largest absolute Gasteiger partial charge is 0.330 e. The van der Waals surface area contributed by atoms with Crippen LogP contribution in [-0.2, 0) is 0 Å². The van der Waals surface area contributed by atoms with Crippen molar-refractivity contribution >= 4 is 47.9 Å². The van der Waals surface area contributed by atoms with E-state index >= 15 is 0 Å². The van der Waals surface area contributed by atoms with E-state index in [1.807, 2.05) is 6.92 Å². The number of nitrogens with two attached hydrogens (primary N) is 1. The molecule has 2 N–H and O–H groups in total. The Morgan fingerprint density at radius 1 is 1.38 bits per heavy atom. The minimum atomic E-state index is 0. The highest BCUT2D eigenvalue weighted by molar-refractivity contribution is 8.01. The number of aromatic nitrogens is 2. The Balaban J connectivity index is 0. The van der Waals surface area contributed by atoms with Crippen LogP contribution in [0.4, 0.5) is 0 Å². The van der Waals surface area contributed by atoms with E-state index in [0.29, 0.717) is 0 Å². The molecule has 0 saturated heterocycles. The minimum Gasteiger partial charge on any atom is -0.330 e. The zero-order chi connectivity index (χ0) is 8.10. The van der Waals surface area contributed by atoms with Gasteiger partial charge in [-0.05, 0) is 19.9 Å². The molecule has 0 fully saturated rings. The van der Waals surface area contributed by atoms with Crippen LogP contribution in [0, 0.1) is 6.92 Å². The summed E-state index contributed by atoms with van der Waals surface area (Å²) in [7, 11) is 0. The second kappa shape index (κ2) is 9.02. The lowest BCUT2D eigenvalue weighted by Gasteiger charge is -1.91. The molecule has 0 atom stereocenters. The Labute approximate surface area is 98.7 Å². The van der Waals surface area contributed by atoms with Gasteiger partial charge in [-0.2, -0.15) is 0 Å². The van der Waals surface area contributed by atoms with Gasteiger partial charge in [-0.15, -0.1) is 35.0 Å². The van der Waals surface area contributed by atoms with Crippen molar-refractivity contribution in [3.63, 3.8) is 0 Å². The van der Waals surface area contributed by atoms with E-state index in [2.05, 4.69) is 10.2 Å². The molecule has 0 unspecified atom stereocenters. The monoisotopic (exact) mass is 261 g/mol. The number of hydrogen-bond donors (Lipinski definition) is 1. The molecule has 0 spiro atoms. The van der Waals surface area contributed by atoms with Gasteiger partial charge in [0.1, 0.15) is 5.01 Å². The van der Waals surface area contributed by atoms with Crippen LogP contribution in [0.5, 0.6) is 0 Å². The first-order valence-corrected chi connectivity index (χ1v) is 5.26. The van der Waals surface area contributed by atoms with Crippen molar-refractivity contribution in [2.75, 3.05) is 12.3 Å². The first kappa shape index (κ1) is 15.9. The first-order chi connectivity index (χ1) is 5.33. The lowest BCUT2D eigenvalue weighted by molar-refractivity contribution is 0.937. The summed E-state index contributed by atoms with van der Waals surface area (Å²) in [4.78, 5) is 0. The van der Waals surface area contributed by atoms with Crippen molar-refractivity contribution < 1.29 is 0 Å². The third-order valence-corrected chi connectivity index (χ3v) is 3.14. The maximum Gasteiger partial charge on any atom is 0.174 e. The van der Waals surface area contributed by atoms with Gasteiger partial charge in [0.15, 0.2) is 4.34 Å². The van der Waals surface area contributed by atoms with Crippen molar-refractivity contribution in [3.8, 4) is 0 Å². The molecule has 0 amide bonds. The molecular weight excluding hydrogens is 249 g/mol. The van der Waals surface area contributed by atoms with Crippen LogP contribution in [0.1, 0.15) is 11.4 Å². The smallest absolute Gasteiger partial charge is 0.174 e. The molecule has 0 radical (unpaired) electrons. The molecule has 1 aromatic heterocycles. The van der Waals surface area contributed by atoms with Crippen molar-refractivity contribution in [2.24, 2.45) is 5.73 Å². The standard InChI is InChI=1S/C6H11N3S2.2ClH/c1-5-8-9-6(11-5)10-4-2-3-7;;/h2-4,7H2,1H3;2*1H. The number of aryl methyl sites for hydroxylation is 1. The number of rotatable bonds is 4. The first-order valence-electron chi connectivity index (χ1n) is 3.46. The van der Waals surface area contributed by atoms with Gasteiger partial charge >= 0.3 is 0 Å². The van der Waals surface area contributed by atoms with Gasteiger partial charge in [-0.25, -0.2) is 0 Å². The Kier molecular flexibility index (Phi) is 11.0. The molecule has 1 aromatic rings. The van der Waals surface area contributed by atoms with Crippen molar-refractivity contribution in [2.45, 2.75) is 17.7 Å². The van der Waals surface area contributed by atoms with Gasteiger partial charge in [0.05, 0.1) is 0 Å². The van der Waals surface area contributed by atoms with E-state index in [-0.39, 0.29) is 24.8 Å². The third kappa shape index (κ3) is 6.51. The van der Waals surface area contributed by atoms with Gasteiger partial charge in [-0.1, -0.05) is 23.1 Å².